The molecule has 1 aromatic rings. The maximum Gasteiger partial charge on any atom is 0.305 e. The standard InChI is InChI=1S/C12H20N2O4S2/c1-8-3-5-12(16,6-4-8)7-13-20(17,18)10-9(2)14-11(15)19-10/h8,13,16H,3-7H2,1-2H3,(H,14,15). The summed E-state index contributed by atoms with van der Waals surface area (Å²) in [5.74, 6) is 0.573. The SMILES string of the molecule is Cc1[nH]c(=O)sc1S(=O)(=O)NCC1(O)CCC(C)CC1. The Labute approximate surface area is 122 Å². The van der Waals surface area contributed by atoms with Crippen molar-refractivity contribution in [1.82, 2.24) is 9.71 Å². The lowest BCUT2D eigenvalue weighted by Gasteiger charge is -2.34. The first-order valence-electron chi connectivity index (χ1n) is 6.64. The van der Waals surface area contributed by atoms with Crippen molar-refractivity contribution in [2.24, 2.45) is 5.92 Å². The highest BCUT2D eigenvalue weighted by molar-refractivity contribution is 7.91. The van der Waals surface area contributed by atoms with Gasteiger partial charge in [-0.05, 0) is 38.5 Å². The van der Waals surface area contributed by atoms with Gasteiger partial charge in [0, 0.05) is 12.2 Å². The van der Waals surface area contributed by atoms with Gasteiger partial charge in [-0.25, -0.2) is 13.1 Å². The molecule has 1 aliphatic rings. The van der Waals surface area contributed by atoms with Crippen molar-refractivity contribution >= 4 is 21.4 Å². The van der Waals surface area contributed by atoms with Gasteiger partial charge in [-0.1, -0.05) is 18.3 Å². The Bertz CT molecular complexity index is 624. The molecule has 1 fully saturated rings. The van der Waals surface area contributed by atoms with Gasteiger partial charge < -0.3 is 10.1 Å². The van der Waals surface area contributed by atoms with Crippen LogP contribution >= 0.6 is 11.3 Å². The summed E-state index contributed by atoms with van der Waals surface area (Å²) >= 11 is 0.664. The lowest BCUT2D eigenvalue weighted by atomic mass is 9.80. The summed E-state index contributed by atoms with van der Waals surface area (Å²) in [6.45, 7) is 3.67. The van der Waals surface area contributed by atoms with Crippen molar-refractivity contribution in [2.45, 2.75) is 49.3 Å². The highest BCUT2D eigenvalue weighted by Crippen LogP contribution is 2.31. The fourth-order valence-corrected chi connectivity index (χ4v) is 4.88. The fourth-order valence-electron chi connectivity index (χ4n) is 2.42. The molecule has 0 aromatic carbocycles. The van der Waals surface area contributed by atoms with Crippen molar-refractivity contribution in [3.63, 3.8) is 0 Å². The van der Waals surface area contributed by atoms with Crippen LogP contribution in [0.1, 0.15) is 38.3 Å². The number of thiazole rings is 1. The summed E-state index contributed by atoms with van der Waals surface area (Å²) in [6, 6.07) is 0. The summed E-state index contributed by atoms with van der Waals surface area (Å²) < 4.78 is 26.7. The van der Waals surface area contributed by atoms with Crippen LogP contribution in [0, 0.1) is 12.8 Å². The van der Waals surface area contributed by atoms with E-state index in [0.717, 1.165) is 12.8 Å². The molecule has 1 aliphatic carbocycles. The van der Waals surface area contributed by atoms with Gasteiger partial charge in [0.2, 0.25) is 0 Å². The van der Waals surface area contributed by atoms with E-state index >= 15 is 0 Å². The summed E-state index contributed by atoms with van der Waals surface area (Å²) in [5.41, 5.74) is -0.647. The zero-order valence-corrected chi connectivity index (χ0v) is 13.2. The smallest absolute Gasteiger partial charge is 0.305 e. The molecule has 0 saturated heterocycles. The van der Waals surface area contributed by atoms with Crippen LogP contribution in [0.4, 0.5) is 0 Å². The van der Waals surface area contributed by atoms with E-state index in [9.17, 15) is 18.3 Å². The quantitative estimate of drug-likeness (QED) is 0.769. The second kappa shape index (κ2) is 5.59. The Hall–Kier alpha value is -0.700. The molecule has 1 heterocycles. The molecule has 0 atom stereocenters. The monoisotopic (exact) mass is 320 g/mol. The topological polar surface area (TPSA) is 99.3 Å². The molecular weight excluding hydrogens is 300 g/mol. The maximum atomic E-state index is 12.1. The van der Waals surface area contributed by atoms with E-state index in [1.165, 1.54) is 0 Å². The molecule has 20 heavy (non-hydrogen) atoms. The number of hydrogen-bond donors (Lipinski definition) is 3. The molecule has 2 rings (SSSR count). The van der Waals surface area contributed by atoms with Crippen LogP contribution < -0.4 is 9.60 Å². The van der Waals surface area contributed by atoms with Gasteiger partial charge in [0.05, 0.1) is 5.60 Å². The van der Waals surface area contributed by atoms with E-state index in [4.69, 9.17) is 0 Å². The predicted octanol–water partition coefficient (Wildman–Crippen LogP) is 0.964. The molecule has 0 radical (unpaired) electrons. The molecule has 114 valence electrons. The number of sulfonamides is 1. The third-order valence-corrected chi connectivity index (χ3v) is 6.83. The van der Waals surface area contributed by atoms with Crippen LogP contribution in [0.2, 0.25) is 0 Å². The lowest BCUT2D eigenvalue weighted by molar-refractivity contribution is -0.00182. The average molecular weight is 320 g/mol. The Balaban J connectivity index is 2.06. The van der Waals surface area contributed by atoms with Gasteiger partial charge >= 0.3 is 4.87 Å². The van der Waals surface area contributed by atoms with Crippen molar-refractivity contribution in [3.05, 3.63) is 15.4 Å². The van der Waals surface area contributed by atoms with Crippen LogP contribution in [-0.2, 0) is 10.0 Å². The highest BCUT2D eigenvalue weighted by atomic mass is 32.2. The molecule has 8 heteroatoms. The first kappa shape index (κ1) is 15.7. The first-order valence-corrected chi connectivity index (χ1v) is 8.94. The summed E-state index contributed by atoms with van der Waals surface area (Å²) in [7, 11) is -3.74. The Morgan fingerprint density at radius 2 is 2.05 bits per heavy atom. The highest BCUT2D eigenvalue weighted by Gasteiger charge is 2.33. The molecule has 0 bridgehead atoms. The zero-order valence-electron chi connectivity index (χ0n) is 11.6. The summed E-state index contributed by atoms with van der Waals surface area (Å²) in [5, 5.41) is 10.4. The van der Waals surface area contributed by atoms with Gasteiger partial charge in [-0.15, -0.1) is 0 Å². The molecule has 0 unspecified atom stereocenters. The zero-order chi connectivity index (χ0) is 15.0. The minimum atomic E-state index is -3.74. The Morgan fingerprint density at radius 1 is 1.45 bits per heavy atom. The van der Waals surface area contributed by atoms with Crippen LogP contribution in [0.5, 0.6) is 0 Å². The van der Waals surface area contributed by atoms with Crippen molar-refractivity contribution in [3.8, 4) is 0 Å². The minimum Gasteiger partial charge on any atom is -0.389 e. The number of aryl methyl sites for hydroxylation is 1. The van der Waals surface area contributed by atoms with E-state index in [-0.39, 0.29) is 10.8 Å². The van der Waals surface area contributed by atoms with Crippen LogP contribution in [0.25, 0.3) is 0 Å². The third kappa shape index (κ3) is 3.49. The van der Waals surface area contributed by atoms with Crippen LogP contribution in [-0.4, -0.2) is 30.7 Å². The van der Waals surface area contributed by atoms with E-state index in [0.29, 0.717) is 35.8 Å². The van der Waals surface area contributed by atoms with E-state index in [2.05, 4.69) is 16.6 Å². The number of aromatic nitrogens is 1. The normalized spacial score (nSPS) is 27.6. The Kier molecular flexibility index (Phi) is 4.38. The molecule has 0 amide bonds. The van der Waals surface area contributed by atoms with Gasteiger partial charge in [-0.3, -0.25) is 4.79 Å². The van der Waals surface area contributed by atoms with Gasteiger partial charge in [0.25, 0.3) is 10.0 Å². The number of aromatic amines is 1. The maximum absolute atomic E-state index is 12.1. The van der Waals surface area contributed by atoms with Crippen LogP contribution in [0.15, 0.2) is 9.00 Å². The molecule has 6 nitrogen and oxygen atoms in total. The predicted molar refractivity (Wildman–Crippen MR) is 77.4 cm³/mol. The number of aliphatic hydroxyl groups is 1. The van der Waals surface area contributed by atoms with Gasteiger partial charge in [0.1, 0.15) is 0 Å². The number of rotatable bonds is 4. The van der Waals surface area contributed by atoms with Gasteiger partial charge in [0.15, 0.2) is 4.21 Å². The molecule has 1 aromatic heterocycles. The van der Waals surface area contributed by atoms with Crippen LogP contribution in [0.3, 0.4) is 0 Å². The molecule has 1 saturated carbocycles. The Morgan fingerprint density at radius 3 is 2.55 bits per heavy atom. The van der Waals surface area contributed by atoms with Crippen molar-refractivity contribution < 1.29 is 13.5 Å². The largest absolute Gasteiger partial charge is 0.389 e. The molecular formula is C12H20N2O4S2. The average Bonchev–Trinajstić information content (AvgIpc) is 2.71. The number of nitrogens with one attached hydrogen (secondary N) is 2. The second-order valence-corrected chi connectivity index (χ2v) is 8.60. The lowest BCUT2D eigenvalue weighted by Crippen LogP contribution is -2.45. The van der Waals surface area contributed by atoms with Crippen molar-refractivity contribution in [2.75, 3.05) is 6.54 Å². The van der Waals surface area contributed by atoms with Crippen molar-refractivity contribution in [1.29, 1.82) is 0 Å². The minimum absolute atomic E-state index is 0.00437. The first-order chi connectivity index (χ1) is 9.22. The molecule has 3 N–H and O–H groups in total. The second-order valence-electron chi connectivity index (χ2n) is 5.66. The summed E-state index contributed by atoms with van der Waals surface area (Å²) in [6.07, 6.45) is 2.99. The fraction of sp³-hybridized carbons (Fsp3) is 0.750. The molecule has 0 aliphatic heterocycles. The number of hydrogen-bond acceptors (Lipinski definition) is 5. The molecule has 0 spiro atoms. The number of H-pyrrole nitrogens is 1. The third-order valence-electron chi connectivity index (χ3n) is 3.82. The van der Waals surface area contributed by atoms with Gasteiger partial charge in [-0.2, -0.15) is 0 Å². The van der Waals surface area contributed by atoms with E-state index in [1.807, 2.05) is 0 Å². The summed E-state index contributed by atoms with van der Waals surface area (Å²) in [4.78, 5) is 13.2. The van der Waals surface area contributed by atoms with E-state index in [1.54, 1.807) is 6.92 Å². The van der Waals surface area contributed by atoms with E-state index < -0.39 is 20.5 Å².